The van der Waals surface area contributed by atoms with E-state index >= 15 is 0 Å². The molecule has 3 aliphatic rings. The molecule has 2 atom stereocenters. The zero-order chi connectivity index (χ0) is 22.9. The molecule has 34 heavy (non-hydrogen) atoms. The van der Waals surface area contributed by atoms with Crippen LogP contribution in [0.2, 0.25) is 13.1 Å². The van der Waals surface area contributed by atoms with Gasteiger partial charge in [0.2, 0.25) is 0 Å². The average Bonchev–Trinajstić information content (AvgIpc) is 3.13. The van der Waals surface area contributed by atoms with E-state index in [1.165, 1.54) is 12.8 Å². The molecule has 0 saturated carbocycles. The van der Waals surface area contributed by atoms with Gasteiger partial charge < -0.3 is 24.8 Å². The van der Waals surface area contributed by atoms with E-state index in [0.717, 1.165) is 7.25 Å². The summed E-state index contributed by atoms with van der Waals surface area (Å²) in [6, 6.07) is 14.8. The quantitative estimate of drug-likeness (QED) is 0.474. The van der Waals surface area contributed by atoms with E-state index in [1.54, 1.807) is 54.9 Å². The first kappa shape index (κ1) is 28.2. The second-order valence-corrected chi connectivity index (χ2v) is 19.7. The predicted octanol–water partition coefficient (Wildman–Crippen LogP) is 1.36. The molecule has 0 aromatic heterocycles. The molecule has 2 aromatic rings. The van der Waals surface area contributed by atoms with Crippen molar-refractivity contribution in [1.82, 2.24) is 0 Å². The van der Waals surface area contributed by atoms with Gasteiger partial charge in [0.05, 0.1) is 0 Å². The van der Waals surface area contributed by atoms with Crippen LogP contribution in [0, 0.1) is 11.8 Å². The molecule has 4 heteroatoms. The fourth-order valence-corrected chi connectivity index (χ4v) is 14.8. The minimum atomic E-state index is -1.87. The van der Waals surface area contributed by atoms with Crippen molar-refractivity contribution in [3.63, 3.8) is 0 Å². The molecule has 2 aliphatic carbocycles. The minimum Gasteiger partial charge on any atom is -1.00 e. The third-order valence-electron chi connectivity index (χ3n) is 8.14. The van der Waals surface area contributed by atoms with Crippen molar-refractivity contribution < 1.29 is 48.0 Å². The van der Waals surface area contributed by atoms with Crippen LogP contribution in [0.4, 0.5) is 0 Å². The van der Waals surface area contributed by atoms with Gasteiger partial charge in [0.1, 0.15) is 0 Å². The van der Waals surface area contributed by atoms with Crippen molar-refractivity contribution >= 4 is 29.6 Å². The SMILES string of the molecule is CC1=C(CC(C)C)c2c3cccc2[Si](C)(C)c2cccc4c2C(CC(C)C)=C(C)[C@@H]4[Zr+2][C@@H]13.[Cl-].[Cl-]. The number of halogens is 2. The van der Waals surface area contributed by atoms with Gasteiger partial charge >= 0.3 is 209 Å². The maximum absolute atomic E-state index is 2.63. The molecule has 0 unspecified atom stereocenters. The van der Waals surface area contributed by atoms with Crippen molar-refractivity contribution in [3.05, 3.63) is 69.8 Å². The Hall–Kier alpha value is -0.400. The fraction of sp³-hybridized carbons (Fsp3) is 0.467. The van der Waals surface area contributed by atoms with Gasteiger partial charge in [-0.3, -0.25) is 0 Å². The van der Waals surface area contributed by atoms with E-state index in [0.29, 0.717) is 11.8 Å². The van der Waals surface area contributed by atoms with Crippen LogP contribution in [-0.4, -0.2) is 8.07 Å². The van der Waals surface area contributed by atoms with E-state index in [4.69, 9.17) is 0 Å². The predicted molar refractivity (Wildman–Crippen MR) is 139 cm³/mol. The summed E-state index contributed by atoms with van der Waals surface area (Å²) in [4.78, 5) is 0. The summed E-state index contributed by atoms with van der Waals surface area (Å²) in [5, 5.41) is 3.40. The summed E-state index contributed by atoms with van der Waals surface area (Å²) in [6.45, 7) is 19.8. The number of rotatable bonds is 4. The van der Waals surface area contributed by atoms with Crippen LogP contribution < -0.4 is 35.2 Å². The van der Waals surface area contributed by atoms with Gasteiger partial charge in [-0.25, -0.2) is 0 Å². The van der Waals surface area contributed by atoms with Gasteiger partial charge in [0, 0.05) is 0 Å². The molecule has 8 bridgehead atoms. The third-order valence-corrected chi connectivity index (χ3v) is 17.0. The van der Waals surface area contributed by atoms with Gasteiger partial charge in [-0.05, 0) is 0 Å². The Morgan fingerprint density at radius 1 is 0.706 bits per heavy atom. The normalized spacial score (nSPS) is 21.2. The summed E-state index contributed by atoms with van der Waals surface area (Å²) < 4.78 is 1.47. The second kappa shape index (κ2) is 10.2. The molecular weight excluding hydrogens is 551 g/mol. The Morgan fingerprint density at radius 3 is 1.44 bits per heavy atom. The molecule has 1 aliphatic heterocycles. The van der Waals surface area contributed by atoms with Crippen molar-refractivity contribution in [2.75, 3.05) is 0 Å². The van der Waals surface area contributed by atoms with E-state index in [-0.39, 0.29) is 24.8 Å². The molecule has 2 aromatic carbocycles. The van der Waals surface area contributed by atoms with E-state index in [1.807, 2.05) is 0 Å². The Bertz CT molecular complexity index is 1080. The van der Waals surface area contributed by atoms with Crippen LogP contribution in [0.3, 0.4) is 0 Å². The van der Waals surface area contributed by atoms with Crippen LogP contribution in [0.25, 0.3) is 11.1 Å². The van der Waals surface area contributed by atoms with Gasteiger partial charge in [-0.15, -0.1) is 0 Å². The van der Waals surface area contributed by atoms with Crippen LogP contribution >= 0.6 is 0 Å². The van der Waals surface area contributed by atoms with E-state index in [9.17, 15) is 0 Å². The van der Waals surface area contributed by atoms with Gasteiger partial charge in [-0.1, -0.05) is 0 Å². The van der Waals surface area contributed by atoms with Gasteiger partial charge in [0.25, 0.3) is 0 Å². The molecule has 5 rings (SSSR count). The summed E-state index contributed by atoms with van der Waals surface area (Å²) in [5.74, 6) is 1.42. The van der Waals surface area contributed by atoms with Gasteiger partial charge in [-0.2, -0.15) is 0 Å². The second-order valence-electron chi connectivity index (χ2n) is 11.7. The molecular formula is C30H38Cl2SiZr. The first-order chi connectivity index (χ1) is 15.1. The Kier molecular flexibility index (Phi) is 8.42. The summed E-state index contributed by atoms with van der Waals surface area (Å²) in [5.41, 5.74) is 13.7. The molecule has 0 nitrogen and oxygen atoms in total. The van der Waals surface area contributed by atoms with Crippen LogP contribution in [0.1, 0.15) is 83.9 Å². The molecule has 0 spiro atoms. The minimum absolute atomic E-state index is 0. The third kappa shape index (κ3) is 4.23. The summed E-state index contributed by atoms with van der Waals surface area (Å²) >= 11 is -0.771. The van der Waals surface area contributed by atoms with Crippen LogP contribution in [0.5, 0.6) is 0 Å². The molecule has 0 amide bonds. The maximum atomic E-state index is 2.63. The first-order valence-electron chi connectivity index (χ1n) is 12.6. The number of benzene rings is 2. The molecule has 0 saturated heterocycles. The van der Waals surface area contributed by atoms with Crippen molar-refractivity contribution in [1.29, 1.82) is 0 Å². The average molecular weight is 589 g/mol. The number of hydrogen-bond acceptors (Lipinski definition) is 0. The molecule has 1 heterocycles. The maximum Gasteiger partial charge on any atom is -1.00 e. The first-order valence-corrected chi connectivity index (χ1v) is 18.4. The largest absolute Gasteiger partial charge is 1.00 e. The number of hydrogen-bond donors (Lipinski definition) is 0. The van der Waals surface area contributed by atoms with Crippen LogP contribution in [0.15, 0.2) is 47.5 Å². The van der Waals surface area contributed by atoms with Crippen molar-refractivity contribution in [2.45, 2.75) is 74.7 Å². The molecule has 180 valence electrons. The Morgan fingerprint density at radius 2 is 1.09 bits per heavy atom. The summed E-state index contributed by atoms with van der Waals surface area (Å²) in [7, 11) is -1.87. The zero-order valence-corrected chi connectivity index (χ0v) is 26.9. The van der Waals surface area contributed by atoms with Crippen LogP contribution in [-0.2, 0) is 23.2 Å². The summed E-state index contributed by atoms with van der Waals surface area (Å²) in [6.07, 6.45) is 2.47. The molecule has 0 radical (unpaired) electrons. The zero-order valence-electron chi connectivity index (χ0n) is 21.9. The van der Waals surface area contributed by atoms with E-state index < -0.39 is 31.3 Å². The molecule has 0 N–H and O–H groups in total. The Balaban J connectivity index is 0.00000162. The topological polar surface area (TPSA) is 0 Å². The molecule has 0 fully saturated rings. The standard InChI is InChI=1S/C30H38Si.2ClH.Zr/c1-19(2)15-25-21(5)17-23-11-9-13-27(29(23)25)31(7,8)28-14-10-12-24-18-22(6)26(30(24)28)16-20(3)4;;;/h9-14,17-20H,15-16H2,1-8H3;2*1H;/q;;;+2/p-2. The number of allylic oxidation sites excluding steroid dienone is 4. The van der Waals surface area contributed by atoms with E-state index in [2.05, 4.69) is 91.0 Å². The monoisotopic (exact) mass is 586 g/mol. The van der Waals surface area contributed by atoms with Crippen molar-refractivity contribution in [2.24, 2.45) is 11.8 Å². The van der Waals surface area contributed by atoms with Crippen molar-refractivity contribution in [3.8, 4) is 0 Å². The van der Waals surface area contributed by atoms with Gasteiger partial charge in [0.15, 0.2) is 0 Å². The Labute approximate surface area is 232 Å². The smallest absolute Gasteiger partial charge is 1.00 e. The fourth-order valence-electron chi connectivity index (χ4n) is 6.63.